The van der Waals surface area contributed by atoms with Crippen molar-refractivity contribution in [1.82, 2.24) is 20.2 Å². The Balaban J connectivity index is 1.15. The van der Waals surface area contributed by atoms with Crippen molar-refractivity contribution in [1.29, 1.82) is 5.26 Å². The highest BCUT2D eigenvalue weighted by Gasteiger charge is 2.43. The number of anilines is 3. The van der Waals surface area contributed by atoms with E-state index in [1.807, 2.05) is 12.1 Å². The molecule has 0 spiro atoms. The molecule has 12 heteroatoms. The van der Waals surface area contributed by atoms with E-state index >= 15 is 0 Å². The fourth-order valence-electron chi connectivity index (χ4n) is 5.45. The summed E-state index contributed by atoms with van der Waals surface area (Å²) in [5.74, 6) is -1.87. The Morgan fingerprint density at radius 1 is 1.10 bits per heavy atom. The minimum Gasteiger partial charge on any atom is -0.494 e. The van der Waals surface area contributed by atoms with Gasteiger partial charge in [-0.05, 0) is 42.9 Å². The Morgan fingerprint density at radius 2 is 1.93 bits per heavy atom. The molecule has 2 aromatic carbocycles. The predicted molar refractivity (Wildman–Crippen MR) is 154 cm³/mol. The smallest absolute Gasteiger partial charge is 0.296 e. The highest BCUT2D eigenvalue weighted by molar-refractivity contribution is 5.70. The van der Waals surface area contributed by atoms with Crippen LogP contribution in [0.2, 0.25) is 0 Å². The number of nitrogens with one attached hydrogen (secondary N) is 2. The molecule has 1 unspecified atom stereocenters. The van der Waals surface area contributed by atoms with Crippen LogP contribution in [0.4, 0.5) is 26.1 Å². The minimum atomic E-state index is -3.02. The summed E-state index contributed by atoms with van der Waals surface area (Å²) in [7, 11) is 1.63. The van der Waals surface area contributed by atoms with Crippen molar-refractivity contribution in [2.75, 3.05) is 69.8 Å². The number of hydrogen-bond acceptors (Lipinski definition) is 10. The van der Waals surface area contributed by atoms with Crippen molar-refractivity contribution in [3.8, 4) is 28.8 Å². The first-order chi connectivity index (χ1) is 20.4. The summed E-state index contributed by atoms with van der Waals surface area (Å²) >= 11 is 0. The molecule has 0 aliphatic carbocycles. The van der Waals surface area contributed by atoms with Crippen molar-refractivity contribution in [3.63, 3.8) is 0 Å². The van der Waals surface area contributed by atoms with E-state index in [2.05, 4.69) is 42.5 Å². The predicted octanol–water partition coefficient (Wildman–Crippen LogP) is 3.66. The summed E-state index contributed by atoms with van der Waals surface area (Å²) in [4.78, 5) is 13.8. The molecule has 1 aromatic heterocycles. The largest absolute Gasteiger partial charge is 0.494 e. The molecular formula is C30H33F2N7O3. The fourth-order valence-corrected chi connectivity index (χ4v) is 5.45. The molecule has 0 saturated carbocycles. The summed E-state index contributed by atoms with van der Waals surface area (Å²) in [6.45, 7) is 5.52. The van der Waals surface area contributed by atoms with Crippen molar-refractivity contribution in [2.45, 2.75) is 24.5 Å². The zero-order chi connectivity index (χ0) is 29.1. The maximum atomic E-state index is 14.3. The number of methoxy groups -OCH3 is 1. The molecule has 3 aromatic rings. The van der Waals surface area contributed by atoms with E-state index in [1.165, 1.54) is 0 Å². The van der Waals surface area contributed by atoms with Crippen LogP contribution in [0.1, 0.15) is 12.0 Å². The summed E-state index contributed by atoms with van der Waals surface area (Å²) in [5.41, 5.74) is 3.16. The number of nitriles is 1. The summed E-state index contributed by atoms with van der Waals surface area (Å²) in [6.07, 6.45) is 0.474. The topological polar surface area (TPSA) is 108 Å². The van der Waals surface area contributed by atoms with Crippen LogP contribution >= 0.6 is 0 Å². The second-order valence-corrected chi connectivity index (χ2v) is 10.6. The first kappa shape index (κ1) is 28.1. The first-order valence-electron chi connectivity index (χ1n) is 14.1. The van der Waals surface area contributed by atoms with Crippen LogP contribution in [0, 0.1) is 11.3 Å². The van der Waals surface area contributed by atoms with Gasteiger partial charge in [-0.3, -0.25) is 4.90 Å². The van der Waals surface area contributed by atoms with Gasteiger partial charge in [-0.25, -0.2) is 18.7 Å². The van der Waals surface area contributed by atoms with E-state index in [1.54, 1.807) is 37.6 Å². The number of piperidine rings is 1. The van der Waals surface area contributed by atoms with Gasteiger partial charge in [0.15, 0.2) is 6.10 Å². The monoisotopic (exact) mass is 577 g/mol. The molecule has 220 valence electrons. The number of halogens is 2. The maximum absolute atomic E-state index is 14.3. The molecule has 4 heterocycles. The van der Waals surface area contributed by atoms with Crippen LogP contribution in [0.15, 0.2) is 48.7 Å². The van der Waals surface area contributed by atoms with Crippen molar-refractivity contribution < 1.29 is 23.0 Å². The molecule has 2 N–H and O–H groups in total. The quantitative estimate of drug-likeness (QED) is 0.412. The SMILES string of the molecule is COc1cc(N2CCN(C3COC3)CC2)ccc1Nc1nccc(-c2ccc(OC3CCNCC3(F)F)c(C#N)c2)n1. The zero-order valence-electron chi connectivity index (χ0n) is 23.4. The van der Waals surface area contributed by atoms with Crippen molar-refractivity contribution >= 4 is 17.3 Å². The van der Waals surface area contributed by atoms with Gasteiger partial charge in [0.2, 0.25) is 5.95 Å². The molecule has 3 aliphatic heterocycles. The normalized spacial score (nSPS) is 20.8. The van der Waals surface area contributed by atoms with Crippen LogP contribution in [-0.4, -0.2) is 92.5 Å². The first-order valence-corrected chi connectivity index (χ1v) is 14.1. The number of hydrogen-bond donors (Lipinski definition) is 2. The van der Waals surface area contributed by atoms with Gasteiger partial charge >= 0.3 is 0 Å². The Hall–Kier alpha value is -4.05. The lowest BCUT2D eigenvalue weighted by Crippen LogP contribution is -2.56. The summed E-state index contributed by atoms with van der Waals surface area (Å²) < 4.78 is 45.2. The van der Waals surface area contributed by atoms with Crippen LogP contribution in [0.25, 0.3) is 11.3 Å². The molecule has 10 nitrogen and oxygen atoms in total. The van der Waals surface area contributed by atoms with E-state index in [0.29, 0.717) is 41.2 Å². The molecule has 0 bridgehead atoms. The van der Waals surface area contributed by atoms with E-state index in [9.17, 15) is 14.0 Å². The number of rotatable bonds is 8. The molecule has 6 rings (SSSR count). The van der Waals surface area contributed by atoms with Gasteiger partial charge in [-0.2, -0.15) is 5.26 Å². The number of benzene rings is 2. The lowest BCUT2D eigenvalue weighted by molar-refractivity contribution is -0.109. The van der Waals surface area contributed by atoms with Crippen molar-refractivity contribution in [2.24, 2.45) is 0 Å². The van der Waals surface area contributed by atoms with E-state index in [-0.39, 0.29) is 17.7 Å². The standard InChI is InChI=1S/C30H33F2N7O3/c1-40-27-15-22(38-10-12-39(13-11-38)23-17-41-18-23)3-4-25(27)37-29-35-9-6-24(36-29)20-2-5-26(21(14-20)16-33)42-28-7-8-34-19-30(28,31)32/h2-6,9,14-15,23,28,34H,7-8,10-13,17-19H2,1H3,(H,35,36,37). The van der Waals surface area contributed by atoms with Gasteiger partial charge in [-0.1, -0.05) is 0 Å². The van der Waals surface area contributed by atoms with Gasteiger partial charge in [0.05, 0.1) is 49.9 Å². The molecule has 42 heavy (non-hydrogen) atoms. The lowest BCUT2D eigenvalue weighted by Gasteiger charge is -2.43. The highest BCUT2D eigenvalue weighted by Crippen LogP contribution is 2.34. The van der Waals surface area contributed by atoms with Gasteiger partial charge in [-0.15, -0.1) is 0 Å². The molecule has 3 saturated heterocycles. The molecular weight excluding hydrogens is 544 g/mol. The van der Waals surface area contributed by atoms with Crippen LogP contribution < -0.4 is 25.0 Å². The van der Waals surface area contributed by atoms with Crippen LogP contribution in [0.3, 0.4) is 0 Å². The van der Waals surface area contributed by atoms with Crippen LogP contribution in [0.5, 0.6) is 11.5 Å². The van der Waals surface area contributed by atoms with Gasteiger partial charge in [0, 0.05) is 56.1 Å². The third-order valence-corrected chi connectivity index (χ3v) is 7.98. The molecule has 3 aliphatic rings. The van der Waals surface area contributed by atoms with Gasteiger partial charge in [0.1, 0.15) is 17.6 Å². The fraction of sp³-hybridized carbons (Fsp3) is 0.433. The summed E-state index contributed by atoms with van der Waals surface area (Å²) in [6, 6.07) is 15.2. The third kappa shape index (κ3) is 5.94. The second-order valence-electron chi connectivity index (χ2n) is 10.6. The maximum Gasteiger partial charge on any atom is 0.296 e. The molecule has 1 atom stereocenters. The number of alkyl halides is 2. The Kier molecular flexibility index (Phi) is 8.06. The van der Waals surface area contributed by atoms with Crippen molar-refractivity contribution in [3.05, 3.63) is 54.2 Å². The lowest BCUT2D eigenvalue weighted by atomic mass is 10.0. The zero-order valence-corrected chi connectivity index (χ0v) is 23.4. The average molecular weight is 578 g/mol. The highest BCUT2D eigenvalue weighted by atomic mass is 19.3. The van der Waals surface area contributed by atoms with E-state index in [0.717, 1.165) is 45.1 Å². The second kappa shape index (κ2) is 12.1. The Morgan fingerprint density at radius 3 is 2.64 bits per heavy atom. The van der Waals surface area contributed by atoms with Crippen LogP contribution in [-0.2, 0) is 4.74 Å². The molecule has 0 amide bonds. The molecule has 0 radical (unpaired) electrons. The number of nitrogens with zero attached hydrogens (tertiary/aromatic N) is 5. The third-order valence-electron chi connectivity index (χ3n) is 7.98. The minimum absolute atomic E-state index is 0.128. The Bertz CT molecular complexity index is 1460. The number of piperazine rings is 1. The average Bonchev–Trinajstić information content (AvgIpc) is 2.98. The van der Waals surface area contributed by atoms with Gasteiger partial charge < -0.3 is 29.7 Å². The van der Waals surface area contributed by atoms with Gasteiger partial charge in [0.25, 0.3) is 5.92 Å². The van der Waals surface area contributed by atoms with E-state index < -0.39 is 18.6 Å². The Labute approximate surface area is 243 Å². The van der Waals surface area contributed by atoms with E-state index in [4.69, 9.17) is 14.2 Å². The number of ether oxygens (including phenoxy) is 3. The summed E-state index contributed by atoms with van der Waals surface area (Å²) in [5, 5.41) is 15.6. The molecule has 3 fully saturated rings. The number of aromatic nitrogens is 2.